The lowest BCUT2D eigenvalue weighted by Crippen LogP contribution is -2.41. The van der Waals surface area contributed by atoms with Crippen LogP contribution in [0.25, 0.3) is 5.53 Å². The van der Waals surface area contributed by atoms with Crippen LogP contribution in [0.1, 0.15) is 53.4 Å². The molecular formula is C15H28N3O6P. The summed E-state index contributed by atoms with van der Waals surface area (Å²) in [6.45, 7) is 7.14. The van der Waals surface area contributed by atoms with Gasteiger partial charge in [-0.3, -0.25) is 4.79 Å². The summed E-state index contributed by atoms with van der Waals surface area (Å²) in [6.07, 6.45) is 1.23. The monoisotopic (exact) mass is 377 g/mol. The molecule has 1 amide bonds. The molecule has 1 atom stereocenters. The minimum Gasteiger partial charge on any atom is -0.444 e. The van der Waals surface area contributed by atoms with Gasteiger partial charge in [-0.15, -0.1) is 0 Å². The van der Waals surface area contributed by atoms with Crippen molar-refractivity contribution in [1.29, 1.82) is 0 Å². The van der Waals surface area contributed by atoms with Crippen molar-refractivity contribution in [1.82, 2.24) is 5.32 Å². The molecule has 0 aliphatic carbocycles. The van der Waals surface area contributed by atoms with Crippen molar-refractivity contribution in [3.8, 4) is 0 Å². The zero-order chi connectivity index (χ0) is 19.7. The van der Waals surface area contributed by atoms with E-state index in [1.54, 1.807) is 20.8 Å². The van der Waals surface area contributed by atoms with Crippen molar-refractivity contribution in [3.05, 3.63) is 5.53 Å². The number of hydrogen-bond acceptors (Lipinski definition) is 6. The molecule has 10 heteroatoms. The molecule has 0 aromatic carbocycles. The maximum absolute atomic E-state index is 12.4. The first-order valence-electron chi connectivity index (χ1n) is 7.99. The van der Waals surface area contributed by atoms with Crippen LogP contribution in [0.4, 0.5) is 4.79 Å². The summed E-state index contributed by atoms with van der Waals surface area (Å²) in [7, 11) is -1.83. The van der Waals surface area contributed by atoms with E-state index in [1.165, 1.54) is 0 Å². The number of nitrogens with zero attached hydrogens (tertiary/aromatic N) is 2. The van der Waals surface area contributed by atoms with E-state index in [9.17, 15) is 14.2 Å². The van der Waals surface area contributed by atoms with Crippen LogP contribution >= 0.6 is 7.60 Å². The third-order valence-electron chi connectivity index (χ3n) is 3.14. The van der Waals surface area contributed by atoms with Crippen LogP contribution in [0.5, 0.6) is 0 Å². The first-order chi connectivity index (χ1) is 11.5. The average molecular weight is 377 g/mol. The van der Waals surface area contributed by atoms with Crippen LogP contribution in [-0.2, 0) is 23.1 Å². The second-order valence-electron chi connectivity index (χ2n) is 6.40. The Bertz CT molecular complexity index is 558. The highest BCUT2D eigenvalue weighted by Gasteiger charge is 2.44. The van der Waals surface area contributed by atoms with Crippen LogP contribution < -0.4 is 5.32 Å². The number of Topliss-reactive ketones (excluding diaryl/α,β-unsaturated/α-hetero) is 1. The molecular weight excluding hydrogens is 349 g/mol. The molecule has 1 N–H and O–H groups in total. The van der Waals surface area contributed by atoms with Gasteiger partial charge in [0.15, 0.2) is 0 Å². The number of unbranched alkanes of at least 4 members (excludes halogenated alkanes) is 1. The highest BCUT2D eigenvalue weighted by Crippen LogP contribution is 2.47. The zero-order valence-corrected chi connectivity index (χ0v) is 16.6. The Kier molecular flexibility index (Phi) is 9.82. The third kappa shape index (κ3) is 8.40. The topological polar surface area (TPSA) is 127 Å². The molecule has 25 heavy (non-hydrogen) atoms. The number of ether oxygens (including phenoxy) is 1. The predicted molar refractivity (Wildman–Crippen MR) is 92.6 cm³/mol. The molecule has 0 radical (unpaired) electrons. The number of carbonyl (C=O) groups excluding carboxylic acids is 2. The van der Waals surface area contributed by atoms with Gasteiger partial charge in [0.05, 0.1) is 0 Å². The van der Waals surface area contributed by atoms with Crippen molar-refractivity contribution in [2.45, 2.75) is 65.0 Å². The van der Waals surface area contributed by atoms with Gasteiger partial charge in [0, 0.05) is 26.7 Å². The fraction of sp³-hybridized carbons (Fsp3) is 0.800. The summed E-state index contributed by atoms with van der Waals surface area (Å²) in [5.74, 6) is -0.744. The zero-order valence-electron chi connectivity index (χ0n) is 15.7. The molecule has 0 saturated heterocycles. The Hall–Kier alpha value is -1.53. The van der Waals surface area contributed by atoms with Crippen molar-refractivity contribution >= 4 is 24.9 Å². The molecule has 0 rings (SSSR count). The number of amides is 1. The van der Waals surface area contributed by atoms with Gasteiger partial charge >= 0.3 is 19.1 Å². The van der Waals surface area contributed by atoms with Gasteiger partial charge in [-0.2, -0.15) is 4.79 Å². The smallest absolute Gasteiger partial charge is 0.444 e. The summed E-state index contributed by atoms with van der Waals surface area (Å²) >= 11 is 0. The van der Waals surface area contributed by atoms with Gasteiger partial charge in [0.25, 0.3) is 5.78 Å². The first kappa shape index (κ1) is 23.5. The lowest BCUT2D eigenvalue weighted by atomic mass is 10.0. The molecule has 9 nitrogen and oxygen atoms in total. The van der Waals surface area contributed by atoms with Crippen molar-refractivity contribution < 1.29 is 32.7 Å². The van der Waals surface area contributed by atoms with Gasteiger partial charge in [0.1, 0.15) is 5.60 Å². The average Bonchev–Trinajstić information content (AvgIpc) is 2.50. The van der Waals surface area contributed by atoms with Crippen molar-refractivity contribution in [2.24, 2.45) is 0 Å². The standard InChI is InChI=1S/C15H28N3O6P/c1-7-8-9-11(17-14(20)24-15(2,3)4)10-12(19)13(18-16)25(21,22-5)23-6/h11H,7-10H2,1-6H3,(H,17,20)/t11-/m0/s1. The van der Waals surface area contributed by atoms with Crippen LogP contribution in [0.15, 0.2) is 0 Å². The number of ketones is 1. The first-order valence-corrected chi connectivity index (χ1v) is 9.54. The third-order valence-corrected chi connectivity index (χ3v) is 4.96. The minimum absolute atomic E-state index is 0.227. The van der Waals surface area contributed by atoms with E-state index in [4.69, 9.17) is 10.3 Å². The largest absolute Gasteiger partial charge is 0.446 e. The van der Waals surface area contributed by atoms with E-state index in [0.717, 1.165) is 27.1 Å². The van der Waals surface area contributed by atoms with Crippen molar-refractivity contribution in [2.75, 3.05) is 14.2 Å². The molecule has 0 fully saturated rings. The molecule has 0 aliphatic heterocycles. The van der Waals surface area contributed by atoms with Crippen LogP contribution in [0.2, 0.25) is 0 Å². The highest BCUT2D eigenvalue weighted by atomic mass is 31.2. The Labute approximate surface area is 148 Å². The fourth-order valence-corrected chi connectivity index (χ4v) is 2.98. The van der Waals surface area contributed by atoms with Crippen molar-refractivity contribution in [3.63, 3.8) is 0 Å². The second-order valence-corrected chi connectivity index (χ2v) is 8.55. The highest BCUT2D eigenvalue weighted by molar-refractivity contribution is 7.74. The molecule has 0 bridgehead atoms. The molecule has 0 spiro atoms. The van der Waals surface area contributed by atoms with E-state index in [-0.39, 0.29) is 6.42 Å². The molecule has 0 aromatic heterocycles. The number of nitrogens with one attached hydrogen (secondary N) is 1. The van der Waals surface area contributed by atoms with E-state index in [1.807, 2.05) is 6.92 Å². The second kappa shape index (κ2) is 10.5. The Morgan fingerprint density at radius 2 is 1.80 bits per heavy atom. The van der Waals surface area contributed by atoms with Gasteiger partial charge in [-0.1, -0.05) is 19.8 Å². The maximum atomic E-state index is 12.4. The lowest BCUT2D eigenvalue weighted by Gasteiger charge is -2.23. The summed E-state index contributed by atoms with van der Waals surface area (Å²) in [5, 5.41) is 2.62. The van der Waals surface area contributed by atoms with Gasteiger partial charge < -0.3 is 24.6 Å². The van der Waals surface area contributed by atoms with E-state index in [2.05, 4.69) is 19.2 Å². The Morgan fingerprint density at radius 3 is 2.20 bits per heavy atom. The normalized spacial score (nSPS) is 12.9. The van der Waals surface area contributed by atoms with Gasteiger partial charge in [-0.05, 0) is 27.2 Å². The molecule has 0 aromatic rings. The van der Waals surface area contributed by atoms with Crippen LogP contribution in [-0.4, -0.2) is 48.0 Å². The number of rotatable bonds is 10. The van der Waals surface area contributed by atoms with E-state index >= 15 is 0 Å². The Balaban J connectivity index is 5.18. The van der Waals surface area contributed by atoms with E-state index in [0.29, 0.717) is 6.42 Å². The Morgan fingerprint density at radius 1 is 1.24 bits per heavy atom. The number of carbonyl (C=O) groups is 2. The molecule has 0 heterocycles. The SMILES string of the molecule is CCCC[C@@H](CC(=O)C(=[N+]=[N-])P(=O)(OC)OC)NC(=O)OC(C)(C)C. The minimum atomic E-state index is -3.99. The summed E-state index contributed by atoms with van der Waals surface area (Å²) in [4.78, 5) is 27.1. The van der Waals surface area contributed by atoms with Gasteiger partial charge in [0.2, 0.25) is 0 Å². The molecule has 0 saturated carbocycles. The summed E-state index contributed by atoms with van der Waals surface area (Å²) in [5.41, 5.74) is 7.66. The number of hydrogen-bond donors (Lipinski definition) is 1. The molecule has 144 valence electrons. The predicted octanol–water partition coefficient (Wildman–Crippen LogP) is 3.14. The van der Waals surface area contributed by atoms with E-state index < -0.39 is 36.6 Å². The summed E-state index contributed by atoms with van der Waals surface area (Å²) in [6, 6.07) is -0.568. The quantitative estimate of drug-likeness (QED) is 0.270. The fourth-order valence-electron chi connectivity index (χ4n) is 1.98. The van der Waals surface area contributed by atoms with Gasteiger partial charge in [-0.25, -0.2) is 9.36 Å². The molecule has 0 aliphatic rings. The number of alkyl carbamates (subject to hydrolysis) is 1. The summed E-state index contributed by atoms with van der Waals surface area (Å²) < 4.78 is 26.8. The maximum Gasteiger partial charge on any atom is 0.446 e. The van der Waals surface area contributed by atoms with Crippen LogP contribution in [0, 0.1) is 0 Å². The molecule has 0 unspecified atom stereocenters. The van der Waals surface area contributed by atoms with Crippen LogP contribution in [0.3, 0.4) is 0 Å². The lowest BCUT2D eigenvalue weighted by molar-refractivity contribution is -0.117.